The number of aryl methyl sites for hydroxylation is 1. The lowest BCUT2D eigenvalue weighted by molar-refractivity contribution is -0.116. The molecule has 0 fully saturated rings. The fraction of sp³-hybridized carbons (Fsp3) is 0.188. The highest BCUT2D eigenvalue weighted by molar-refractivity contribution is 5.78. The average molecular weight is 260 g/mol. The second kappa shape index (κ2) is 5.31. The van der Waals surface area contributed by atoms with Crippen LogP contribution in [0.2, 0.25) is 0 Å². The van der Waals surface area contributed by atoms with E-state index in [4.69, 9.17) is 0 Å². The molecule has 0 unspecified atom stereocenters. The van der Waals surface area contributed by atoms with Crippen LogP contribution in [0.3, 0.4) is 0 Å². The molecule has 0 aliphatic heterocycles. The molecule has 2 aromatic carbocycles. The van der Waals surface area contributed by atoms with Crippen LogP contribution in [0.1, 0.15) is 18.1 Å². The number of hydrogen-bond acceptors (Lipinski definition) is 1. The molecule has 0 aliphatic carbocycles. The zero-order chi connectivity index (χ0) is 14.0. The highest BCUT2D eigenvalue weighted by atomic mass is 19.1. The standard InChI is InChI=1S/C16H14F2O/c1-10-3-8-14(17)15(16(10)18)13-6-4-12(5-7-13)9-11(2)19/h3-8H,9H2,1-2H3. The van der Waals surface area contributed by atoms with Crippen molar-refractivity contribution >= 4 is 5.78 Å². The Balaban J connectivity index is 2.43. The van der Waals surface area contributed by atoms with Crippen LogP contribution in [0, 0.1) is 18.6 Å². The Kier molecular flexibility index (Phi) is 3.74. The topological polar surface area (TPSA) is 17.1 Å². The number of benzene rings is 2. The molecule has 19 heavy (non-hydrogen) atoms. The lowest BCUT2D eigenvalue weighted by Gasteiger charge is -2.08. The van der Waals surface area contributed by atoms with E-state index in [1.807, 2.05) is 0 Å². The van der Waals surface area contributed by atoms with Crippen molar-refractivity contribution < 1.29 is 13.6 Å². The van der Waals surface area contributed by atoms with Crippen LogP contribution in [0.15, 0.2) is 36.4 Å². The summed E-state index contributed by atoms with van der Waals surface area (Å²) in [4.78, 5) is 11.0. The van der Waals surface area contributed by atoms with Gasteiger partial charge in [-0.15, -0.1) is 0 Å². The monoisotopic (exact) mass is 260 g/mol. The van der Waals surface area contributed by atoms with Crippen molar-refractivity contribution in [2.45, 2.75) is 20.3 Å². The zero-order valence-electron chi connectivity index (χ0n) is 10.8. The molecule has 2 rings (SSSR count). The minimum atomic E-state index is -0.581. The van der Waals surface area contributed by atoms with Crippen LogP contribution in [0.4, 0.5) is 8.78 Å². The van der Waals surface area contributed by atoms with Crippen molar-refractivity contribution in [1.82, 2.24) is 0 Å². The largest absolute Gasteiger partial charge is 0.300 e. The van der Waals surface area contributed by atoms with Gasteiger partial charge in [-0.25, -0.2) is 8.78 Å². The summed E-state index contributed by atoms with van der Waals surface area (Å²) < 4.78 is 27.7. The van der Waals surface area contributed by atoms with Gasteiger partial charge in [0, 0.05) is 6.42 Å². The third-order valence-corrected chi connectivity index (χ3v) is 2.98. The molecule has 0 saturated heterocycles. The van der Waals surface area contributed by atoms with Crippen molar-refractivity contribution in [3.63, 3.8) is 0 Å². The van der Waals surface area contributed by atoms with Crippen LogP contribution in [-0.4, -0.2) is 5.78 Å². The molecule has 0 aromatic heterocycles. The SMILES string of the molecule is CC(=O)Cc1ccc(-c2c(F)ccc(C)c2F)cc1. The maximum Gasteiger partial charge on any atom is 0.136 e. The van der Waals surface area contributed by atoms with Gasteiger partial charge < -0.3 is 0 Å². The van der Waals surface area contributed by atoms with E-state index in [1.165, 1.54) is 19.1 Å². The first kappa shape index (κ1) is 13.4. The molecule has 98 valence electrons. The number of carbonyl (C=O) groups is 1. The number of Topliss-reactive ketones (excluding diaryl/α,β-unsaturated/α-hetero) is 1. The molecular formula is C16H14F2O. The Morgan fingerprint density at radius 3 is 2.26 bits per heavy atom. The fourth-order valence-electron chi connectivity index (χ4n) is 2.00. The molecule has 1 nitrogen and oxygen atoms in total. The predicted molar refractivity (Wildman–Crippen MR) is 70.9 cm³/mol. The molecule has 0 heterocycles. The summed E-state index contributed by atoms with van der Waals surface area (Å²) in [5.74, 6) is -1.07. The summed E-state index contributed by atoms with van der Waals surface area (Å²) in [5.41, 5.74) is 1.70. The van der Waals surface area contributed by atoms with Gasteiger partial charge in [0.05, 0.1) is 5.56 Å². The summed E-state index contributed by atoms with van der Waals surface area (Å²) in [7, 11) is 0. The molecule has 0 spiro atoms. The van der Waals surface area contributed by atoms with Gasteiger partial charge >= 0.3 is 0 Å². The Morgan fingerprint density at radius 1 is 1.05 bits per heavy atom. The van der Waals surface area contributed by atoms with Crippen molar-refractivity contribution in [1.29, 1.82) is 0 Å². The molecule has 2 aromatic rings. The second-order valence-electron chi connectivity index (χ2n) is 4.63. The molecular weight excluding hydrogens is 246 g/mol. The quantitative estimate of drug-likeness (QED) is 0.813. The molecule has 3 heteroatoms. The summed E-state index contributed by atoms with van der Waals surface area (Å²) in [5, 5.41) is 0. The Labute approximate surface area is 110 Å². The Bertz CT molecular complexity index is 615. The van der Waals surface area contributed by atoms with Crippen LogP contribution >= 0.6 is 0 Å². The highest BCUT2D eigenvalue weighted by Crippen LogP contribution is 2.28. The van der Waals surface area contributed by atoms with Gasteiger partial charge in [-0.3, -0.25) is 4.79 Å². The lowest BCUT2D eigenvalue weighted by atomic mass is 9.99. The van der Waals surface area contributed by atoms with E-state index in [9.17, 15) is 13.6 Å². The lowest BCUT2D eigenvalue weighted by Crippen LogP contribution is -1.97. The molecule has 0 amide bonds. The van der Waals surface area contributed by atoms with Crippen LogP contribution in [0.5, 0.6) is 0 Å². The maximum atomic E-state index is 14.0. The normalized spacial score (nSPS) is 10.5. The van der Waals surface area contributed by atoms with E-state index in [0.717, 1.165) is 5.56 Å². The smallest absolute Gasteiger partial charge is 0.136 e. The number of rotatable bonds is 3. The number of ketones is 1. The van der Waals surface area contributed by atoms with E-state index in [2.05, 4.69) is 0 Å². The molecule has 0 radical (unpaired) electrons. The third-order valence-electron chi connectivity index (χ3n) is 2.98. The van der Waals surface area contributed by atoms with Gasteiger partial charge in [-0.2, -0.15) is 0 Å². The minimum Gasteiger partial charge on any atom is -0.300 e. The van der Waals surface area contributed by atoms with Crippen molar-refractivity contribution in [3.8, 4) is 11.1 Å². The maximum absolute atomic E-state index is 14.0. The Morgan fingerprint density at radius 2 is 1.68 bits per heavy atom. The summed E-state index contributed by atoms with van der Waals surface area (Å²) in [6.07, 6.45) is 0.332. The highest BCUT2D eigenvalue weighted by Gasteiger charge is 2.13. The van der Waals surface area contributed by atoms with E-state index >= 15 is 0 Å². The van der Waals surface area contributed by atoms with Crippen molar-refractivity contribution in [2.75, 3.05) is 0 Å². The average Bonchev–Trinajstić information content (AvgIpc) is 2.36. The first-order valence-electron chi connectivity index (χ1n) is 6.02. The fourth-order valence-corrected chi connectivity index (χ4v) is 2.00. The number of halogens is 2. The van der Waals surface area contributed by atoms with E-state index in [-0.39, 0.29) is 11.3 Å². The summed E-state index contributed by atoms with van der Waals surface area (Å²) in [6, 6.07) is 9.39. The predicted octanol–water partition coefficient (Wildman–Crippen LogP) is 4.07. The zero-order valence-corrected chi connectivity index (χ0v) is 10.8. The number of carbonyl (C=O) groups excluding carboxylic acids is 1. The second-order valence-corrected chi connectivity index (χ2v) is 4.63. The van der Waals surface area contributed by atoms with Gasteiger partial charge in [0.25, 0.3) is 0 Å². The molecule has 0 bridgehead atoms. The first-order valence-corrected chi connectivity index (χ1v) is 6.02. The Hall–Kier alpha value is -2.03. The van der Waals surface area contributed by atoms with E-state index in [0.29, 0.717) is 17.5 Å². The van der Waals surface area contributed by atoms with Crippen LogP contribution < -0.4 is 0 Å². The summed E-state index contributed by atoms with van der Waals surface area (Å²) in [6.45, 7) is 3.11. The molecule has 0 atom stereocenters. The first-order chi connectivity index (χ1) is 8.99. The van der Waals surface area contributed by atoms with Crippen LogP contribution in [0.25, 0.3) is 11.1 Å². The van der Waals surface area contributed by atoms with Gasteiger partial charge in [-0.05, 0) is 36.6 Å². The third kappa shape index (κ3) is 2.87. The van der Waals surface area contributed by atoms with Crippen LogP contribution in [-0.2, 0) is 11.2 Å². The van der Waals surface area contributed by atoms with Gasteiger partial charge in [0.15, 0.2) is 0 Å². The van der Waals surface area contributed by atoms with E-state index in [1.54, 1.807) is 31.2 Å². The summed E-state index contributed by atoms with van der Waals surface area (Å²) >= 11 is 0. The van der Waals surface area contributed by atoms with Gasteiger partial charge in [-0.1, -0.05) is 30.3 Å². The molecule has 0 N–H and O–H groups in total. The van der Waals surface area contributed by atoms with E-state index < -0.39 is 11.6 Å². The van der Waals surface area contributed by atoms with Crippen molar-refractivity contribution in [2.24, 2.45) is 0 Å². The van der Waals surface area contributed by atoms with Gasteiger partial charge in [0.2, 0.25) is 0 Å². The van der Waals surface area contributed by atoms with Crippen molar-refractivity contribution in [3.05, 3.63) is 59.2 Å². The number of hydrogen-bond donors (Lipinski definition) is 0. The molecule has 0 aliphatic rings. The minimum absolute atomic E-state index is 0.0191. The van der Waals surface area contributed by atoms with Gasteiger partial charge in [0.1, 0.15) is 17.4 Å². The molecule has 0 saturated carbocycles.